The number of aryl methyl sites for hydroxylation is 1. The van der Waals surface area contributed by atoms with E-state index in [1.807, 2.05) is 6.92 Å². The lowest BCUT2D eigenvalue weighted by Crippen LogP contribution is -2.42. The Morgan fingerprint density at radius 2 is 2.25 bits per heavy atom. The van der Waals surface area contributed by atoms with Crippen LogP contribution in [0.5, 0.6) is 0 Å². The predicted octanol–water partition coefficient (Wildman–Crippen LogP) is 2.79. The Labute approximate surface area is 120 Å². The number of alkyl halides is 3. The van der Waals surface area contributed by atoms with Crippen LogP contribution in [0, 0.1) is 5.92 Å². The van der Waals surface area contributed by atoms with Gasteiger partial charge in [0.05, 0.1) is 6.54 Å². The summed E-state index contributed by atoms with van der Waals surface area (Å²) in [5.41, 5.74) is 0. The van der Waals surface area contributed by atoms with Gasteiger partial charge < -0.3 is 5.32 Å². The molecule has 4 nitrogen and oxygen atoms in total. The van der Waals surface area contributed by atoms with Crippen LogP contribution in [0.3, 0.4) is 0 Å². The Hall–Kier alpha value is -0.890. The number of piperidine rings is 1. The van der Waals surface area contributed by atoms with Gasteiger partial charge >= 0.3 is 6.18 Å². The van der Waals surface area contributed by atoms with Crippen molar-refractivity contribution in [2.75, 3.05) is 31.5 Å². The van der Waals surface area contributed by atoms with Crippen molar-refractivity contribution in [1.29, 1.82) is 0 Å². The third-order valence-electron chi connectivity index (χ3n) is 3.33. The lowest BCUT2D eigenvalue weighted by atomic mass is 9.98. The molecule has 1 aromatic rings. The van der Waals surface area contributed by atoms with Gasteiger partial charge in [0.25, 0.3) is 0 Å². The van der Waals surface area contributed by atoms with Crippen molar-refractivity contribution in [3.05, 3.63) is 5.82 Å². The van der Waals surface area contributed by atoms with Crippen molar-refractivity contribution in [3.8, 4) is 0 Å². The number of halogens is 3. The summed E-state index contributed by atoms with van der Waals surface area (Å²) < 4.78 is 41.3. The molecular formula is C12H19F3N4S. The number of nitrogens with one attached hydrogen (secondary N) is 1. The van der Waals surface area contributed by atoms with Crippen LogP contribution in [0.25, 0.3) is 0 Å². The molecule has 1 fully saturated rings. The van der Waals surface area contributed by atoms with Crippen LogP contribution in [0.2, 0.25) is 0 Å². The van der Waals surface area contributed by atoms with E-state index in [0.29, 0.717) is 19.6 Å². The van der Waals surface area contributed by atoms with Gasteiger partial charge in [-0.15, -0.1) is 0 Å². The molecule has 0 amide bonds. The quantitative estimate of drug-likeness (QED) is 0.908. The van der Waals surface area contributed by atoms with E-state index in [0.717, 1.165) is 30.2 Å². The molecule has 20 heavy (non-hydrogen) atoms. The van der Waals surface area contributed by atoms with Crippen LogP contribution >= 0.6 is 11.5 Å². The van der Waals surface area contributed by atoms with E-state index in [1.165, 1.54) is 16.4 Å². The molecule has 0 saturated carbocycles. The van der Waals surface area contributed by atoms with Gasteiger partial charge in [0.1, 0.15) is 5.82 Å². The first-order chi connectivity index (χ1) is 9.46. The average Bonchev–Trinajstić information content (AvgIpc) is 2.83. The van der Waals surface area contributed by atoms with Gasteiger partial charge in [-0.05, 0) is 25.3 Å². The number of anilines is 1. The van der Waals surface area contributed by atoms with Crippen LogP contribution in [0.1, 0.15) is 25.6 Å². The third-order valence-corrected chi connectivity index (χ3v) is 4.04. The zero-order valence-electron chi connectivity index (χ0n) is 11.4. The SMILES string of the molecule is CCc1nsc(NCC2CCCN(CC(F)(F)F)C2)n1. The first-order valence-electron chi connectivity index (χ1n) is 6.82. The maximum Gasteiger partial charge on any atom is 0.401 e. The molecule has 2 heterocycles. The third kappa shape index (κ3) is 4.90. The van der Waals surface area contributed by atoms with Gasteiger partial charge in [0, 0.05) is 31.0 Å². The molecule has 1 aliphatic heterocycles. The summed E-state index contributed by atoms with van der Waals surface area (Å²) in [6, 6.07) is 0. The van der Waals surface area contributed by atoms with E-state index in [-0.39, 0.29) is 5.92 Å². The molecule has 1 aliphatic rings. The van der Waals surface area contributed by atoms with Gasteiger partial charge in [-0.2, -0.15) is 17.5 Å². The topological polar surface area (TPSA) is 41.1 Å². The zero-order chi connectivity index (χ0) is 14.6. The molecule has 1 atom stereocenters. The lowest BCUT2D eigenvalue weighted by Gasteiger charge is -2.33. The first-order valence-corrected chi connectivity index (χ1v) is 7.59. The summed E-state index contributed by atoms with van der Waals surface area (Å²) in [4.78, 5) is 5.79. The van der Waals surface area contributed by atoms with E-state index in [2.05, 4.69) is 14.7 Å². The summed E-state index contributed by atoms with van der Waals surface area (Å²) in [6.07, 6.45) is -1.54. The monoisotopic (exact) mass is 308 g/mol. The molecule has 1 saturated heterocycles. The minimum Gasteiger partial charge on any atom is -0.360 e. The largest absolute Gasteiger partial charge is 0.401 e. The molecule has 114 valence electrons. The van der Waals surface area contributed by atoms with Crippen molar-refractivity contribution >= 4 is 16.7 Å². The molecule has 0 spiro atoms. The summed E-state index contributed by atoms with van der Waals surface area (Å²) in [5, 5.41) is 3.95. The van der Waals surface area contributed by atoms with Crippen molar-refractivity contribution < 1.29 is 13.2 Å². The molecule has 1 unspecified atom stereocenters. The highest BCUT2D eigenvalue weighted by Gasteiger charge is 2.32. The molecule has 1 aromatic heterocycles. The van der Waals surface area contributed by atoms with Crippen LogP contribution in [0.15, 0.2) is 0 Å². The molecule has 2 rings (SSSR count). The number of nitrogens with zero attached hydrogens (tertiary/aromatic N) is 3. The van der Waals surface area contributed by atoms with Crippen molar-refractivity contribution in [2.45, 2.75) is 32.4 Å². The van der Waals surface area contributed by atoms with Crippen LogP contribution in [-0.4, -0.2) is 46.6 Å². The minimum atomic E-state index is -4.11. The Kier molecular flexibility index (Phi) is 5.20. The Balaban J connectivity index is 1.78. The number of likely N-dealkylation sites (tertiary alicyclic amines) is 1. The normalized spacial score (nSPS) is 21.1. The van der Waals surface area contributed by atoms with Crippen molar-refractivity contribution in [2.24, 2.45) is 5.92 Å². The van der Waals surface area contributed by atoms with Gasteiger partial charge in [-0.25, -0.2) is 4.98 Å². The van der Waals surface area contributed by atoms with Crippen molar-refractivity contribution in [1.82, 2.24) is 14.3 Å². The van der Waals surface area contributed by atoms with Crippen LogP contribution < -0.4 is 5.32 Å². The summed E-state index contributed by atoms with van der Waals surface area (Å²) >= 11 is 1.31. The first kappa shape index (κ1) is 15.5. The summed E-state index contributed by atoms with van der Waals surface area (Å²) in [6.45, 7) is 2.87. The fourth-order valence-corrected chi connectivity index (χ4v) is 3.07. The minimum absolute atomic E-state index is 0.236. The van der Waals surface area contributed by atoms with Crippen molar-refractivity contribution in [3.63, 3.8) is 0 Å². The molecular weight excluding hydrogens is 289 g/mol. The fourth-order valence-electron chi connectivity index (χ4n) is 2.42. The summed E-state index contributed by atoms with van der Waals surface area (Å²) in [7, 11) is 0. The maximum atomic E-state index is 12.4. The lowest BCUT2D eigenvalue weighted by molar-refractivity contribution is -0.149. The van der Waals surface area contributed by atoms with E-state index in [1.54, 1.807) is 0 Å². The molecule has 0 bridgehead atoms. The maximum absolute atomic E-state index is 12.4. The van der Waals surface area contributed by atoms with E-state index in [4.69, 9.17) is 0 Å². The second-order valence-electron chi connectivity index (χ2n) is 5.11. The van der Waals surface area contributed by atoms with Gasteiger partial charge in [0.2, 0.25) is 5.13 Å². The smallest absolute Gasteiger partial charge is 0.360 e. The number of rotatable bonds is 5. The molecule has 1 N–H and O–H groups in total. The Morgan fingerprint density at radius 1 is 1.45 bits per heavy atom. The predicted molar refractivity (Wildman–Crippen MR) is 73.0 cm³/mol. The molecule has 0 radical (unpaired) electrons. The van der Waals surface area contributed by atoms with Gasteiger partial charge in [0.15, 0.2) is 0 Å². The molecule has 0 aliphatic carbocycles. The molecule has 8 heteroatoms. The van der Waals surface area contributed by atoms with E-state index in [9.17, 15) is 13.2 Å². The van der Waals surface area contributed by atoms with Crippen LogP contribution in [-0.2, 0) is 6.42 Å². The second kappa shape index (κ2) is 6.71. The molecule has 0 aromatic carbocycles. The number of hydrogen-bond acceptors (Lipinski definition) is 5. The van der Waals surface area contributed by atoms with E-state index >= 15 is 0 Å². The van der Waals surface area contributed by atoms with Gasteiger partial charge in [-0.3, -0.25) is 4.90 Å². The van der Waals surface area contributed by atoms with E-state index < -0.39 is 12.7 Å². The highest BCUT2D eigenvalue weighted by Crippen LogP contribution is 2.23. The fraction of sp³-hybridized carbons (Fsp3) is 0.833. The number of aromatic nitrogens is 2. The Morgan fingerprint density at radius 3 is 2.90 bits per heavy atom. The summed E-state index contributed by atoms with van der Waals surface area (Å²) in [5.74, 6) is 1.04. The van der Waals surface area contributed by atoms with Gasteiger partial charge in [-0.1, -0.05) is 6.92 Å². The highest BCUT2D eigenvalue weighted by atomic mass is 32.1. The highest BCUT2D eigenvalue weighted by molar-refractivity contribution is 7.09. The number of hydrogen-bond donors (Lipinski definition) is 1. The second-order valence-corrected chi connectivity index (χ2v) is 5.86. The standard InChI is InChI=1S/C12H19F3N4S/c1-2-10-17-11(20-18-10)16-6-9-4-3-5-19(7-9)8-12(13,14)15/h9H,2-8H2,1H3,(H,16,17,18). The average molecular weight is 308 g/mol. The van der Waals surface area contributed by atoms with Crippen LogP contribution in [0.4, 0.5) is 18.3 Å². The Bertz CT molecular complexity index is 421. The zero-order valence-corrected chi connectivity index (χ0v) is 12.2.